The second-order valence-corrected chi connectivity index (χ2v) is 3.70. The summed E-state index contributed by atoms with van der Waals surface area (Å²) in [4.78, 5) is 0. The average molecular weight is 338 g/mol. The predicted molar refractivity (Wildman–Crippen MR) is 48.7 cm³/mol. The number of rotatable bonds is 3. The van der Waals surface area contributed by atoms with Gasteiger partial charge in [0.15, 0.2) is 10.3 Å². The van der Waals surface area contributed by atoms with Crippen LogP contribution in [0, 0.1) is 10.8 Å². The Hall–Kier alpha value is 0.600. The molecule has 0 aliphatic carbocycles. The van der Waals surface area contributed by atoms with Crippen molar-refractivity contribution in [3.63, 3.8) is 0 Å². The minimum Gasteiger partial charge on any atom is -1.00 e. The number of nitrogens with one attached hydrogen (secondary N) is 2. The number of nitrogens with two attached hydrogens (primary N) is 2. The van der Waals surface area contributed by atoms with Gasteiger partial charge in [0.1, 0.15) is 0 Å². The summed E-state index contributed by atoms with van der Waals surface area (Å²) < 4.78 is 0. The first-order valence-electron chi connectivity index (χ1n) is 2.56. The minimum absolute atomic E-state index is 0. The quantitative estimate of drug-likeness (QED) is 0.234. The van der Waals surface area contributed by atoms with Crippen LogP contribution in [0.1, 0.15) is 0 Å². The van der Waals surface area contributed by atoms with Gasteiger partial charge in [-0.2, -0.15) is 0 Å². The van der Waals surface area contributed by atoms with Crippen molar-refractivity contribution in [3.05, 3.63) is 0 Å². The average Bonchev–Trinajstić information content (AvgIpc) is 1.79. The summed E-state index contributed by atoms with van der Waals surface area (Å²) in [5, 5.41) is 13.9. The van der Waals surface area contributed by atoms with E-state index in [4.69, 9.17) is 22.3 Å². The first-order valence-corrected chi connectivity index (χ1v) is 4.53. The predicted octanol–water partition coefficient (Wildman–Crippen LogP) is -5.75. The fourth-order valence-electron chi connectivity index (χ4n) is 0.303. The molecule has 0 aliphatic heterocycles. The van der Waals surface area contributed by atoms with Crippen molar-refractivity contribution < 1.29 is 34.0 Å². The third-order valence-electron chi connectivity index (χ3n) is 0.598. The second-order valence-electron chi connectivity index (χ2n) is 1.43. The van der Waals surface area contributed by atoms with E-state index in [0.29, 0.717) is 0 Å². The lowest BCUT2D eigenvalue weighted by Crippen LogP contribution is -3.00. The van der Waals surface area contributed by atoms with Crippen LogP contribution in [-0.4, -0.2) is 21.8 Å². The van der Waals surface area contributed by atoms with E-state index in [-0.39, 0.29) is 44.3 Å². The van der Waals surface area contributed by atoms with Gasteiger partial charge in [-0.25, -0.2) is 0 Å². The number of hydrogen-bond donors (Lipinski definition) is 4. The van der Waals surface area contributed by atoms with E-state index >= 15 is 0 Å². The fourth-order valence-corrected chi connectivity index (χ4v) is 1.41. The van der Waals surface area contributed by atoms with Gasteiger partial charge in [0.05, 0.1) is 0 Å². The molecule has 6 N–H and O–H groups in total. The van der Waals surface area contributed by atoms with E-state index in [1.165, 1.54) is 23.5 Å². The van der Waals surface area contributed by atoms with Crippen molar-refractivity contribution in [2.45, 2.75) is 0 Å². The van der Waals surface area contributed by atoms with Crippen LogP contribution < -0.4 is 45.4 Å². The largest absolute Gasteiger partial charge is 1.00 e. The van der Waals surface area contributed by atoms with Crippen molar-refractivity contribution in [1.82, 2.24) is 0 Å². The highest BCUT2D eigenvalue weighted by Gasteiger charge is 1.92. The Morgan fingerprint density at radius 3 is 1.33 bits per heavy atom. The molecule has 0 bridgehead atoms. The zero-order valence-electron chi connectivity index (χ0n) is 6.14. The molecule has 0 spiro atoms. The molecule has 0 fully saturated rings. The summed E-state index contributed by atoms with van der Waals surface area (Å²) in [5.41, 5.74) is 10.1. The normalized spacial score (nSPS) is 7.67. The van der Waals surface area contributed by atoms with E-state index in [0.717, 1.165) is 11.5 Å². The van der Waals surface area contributed by atoms with Crippen molar-refractivity contribution in [2.75, 3.05) is 11.5 Å². The zero-order chi connectivity index (χ0) is 7.98. The lowest BCUT2D eigenvalue weighted by atomic mass is 11.0. The van der Waals surface area contributed by atoms with Crippen LogP contribution >= 0.6 is 23.5 Å². The highest BCUT2D eigenvalue weighted by atomic mass is 79.9. The smallest absolute Gasteiger partial charge is 0.151 e. The molecule has 0 unspecified atom stereocenters. The SMILES string of the molecule is N=C(N)SCCSC(=N)N.[Br-].[Br-]. The van der Waals surface area contributed by atoms with E-state index in [2.05, 4.69) is 0 Å². The molecule has 0 saturated carbocycles. The first kappa shape index (κ1) is 18.4. The summed E-state index contributed by atoms with van der Waals surface area (Å²) in [5.74, 6) is 1.47. The van der Waals surface area contributed by atoms with Crippen molar-refractivity contribution in [2.24, 2.45) is 11.5 Å². The molecule has 0 rings (SSSR count). The van der Waals surface area contributed by atoms with Crippen LogP contribution in [0.25, 0.3) is 0 Å². The lowest BCUT2D eigenvalue weighted by Gasteiger charge is -1.96. The summed E-state index contributed by atoms with van der Waals surface area (Å²) in [6.07, 6.45) is 0. The Labute approximate surface area is 101 Å². The molecule has 74 valence electrons. The number of amidine groups is 2. The van der Waals surface area contributed by atoms with Gasteiger partial charge in [0.25, 0.3) is 0 Å². The highest BCUT2D eigenvalue weighted by Crippen LogP contribution is 2.04. The second kappa shape index (κ2) is 11.6. The van der Waals surface area contributed by atoms with Crippen molar-refractivity contribution in [3.8, 4) is 0 Å². The van der Waals surface area contributed by atoms with Gasteiger partial charge in [0, 0.05) is 11.5 Å². The minimum atomic E-state index is 0. The number of hydrogen-bond acceptors (Lipinski definition) is 4. The topological polar surface area (TPSA) is 99.7 Å². The molecule has 0 amide bonds. The van der Waals surface area contributed by atoms with Crippen LogP contribution in [0.4, 0.5) is 0 Å². The molecule has 0 aromatic rings. The molecule has 0 atom stereocenters. The molecule has 12 heavy (non-hydrogen) atoms. The van der Waals surface area contributed by atoms with Gasteiger partial charge in [-0.1, -0.05) is 23.5 Å². The zero-order valence-corrected chi connectivity index (χ0v) is 10.9. The Kier molecular flexibility index (Phi) is 17.8. The molecule has 4 nitrogen and oxygen atoms in total. The molecular formula is C4H10Br2N4S2-2. The van der Waals surface area contributed by atoms with Gasteiger partial charge in [0.2, 0.25) is 0 Å². The van der Waals surface area contributed by atoms with E-state index in [1.54, 1.807) is 0 Å². The van der Waals surface area contributed by atoms with Gasteiger partial charge >= 0.3 is 0 Å². The molecule has 0 aromatic carbocycles. The van der Waals surface area contributed by atoms with Crippen molar-refractivity contribution in [1.29, 1.82) is 10.8 Å². The third-order valence-corrected chi connectivity index (χ3v) is 2.30. The molecule has 0 saturated heterocycles. The van der Waals surface area contributed by atoms with Crippen LogP contribution in [0.15, 0.2) is 0 Å². The van der Waals surface area contributed by atoms with Gasteiger partial charge in [-0.3, -0.25) is 10.8 Å². The molecular weight excluding hydrogens is 328 g/mol. The lowest BCUT2D eigenvalue weighted by molar-refractivity contribution is -0.001000. The van der Waals surface area contributed by atoms with Gasteiger partial charge < -0.3 is 45.4 Å². The maximum atomic E-state index is 6.83. The summed E-state index contributed by atoms with van der Waals surface area (Å²) in [6.45, 7) is 0. The Bertz CT molecular complexity index is 127. The standard InChI is InChI=1S/C4H10N4S2.2BrH/c5-3(6)9-1-2-10-4(7)8;;/h1-2H2,(H3,5,6)(H3,7,8);2*1H/p-2. The van der Waals surface area contributed by atoms with E-state index in [9.17, 15) is 0 Å². The van der Waals surface area contributed by atoms with Crippen LogP contribution in [0.5, 0.6) is 0 Å². The maximum absolute atomic E-state index is 6.83. The molecule has 8 heteroatoms. The summed E-state index contributed by atoms with van der Waals surface area (Å²) in [7, 11) is 0. The number of thioether (sulfide) groups is 2. The summed E-state index contributed by atoms with van der Waals surface area (Å²) >= 11 is 2.52. The van der Waals surface area contributed by atoms with Crippen molar-refractivity contribution >= 4 is 33.9 Å². The molecule has 0 aliphatic rings. The first-order chi connectivity index (χ1) is 4.63. The van der Waals surface area contributed by atoms with Gasteiger partial charge in [-0.15, -0.1) is 0 Å². The molecule has 0 aromatic heterocycles. The monoisotopic (exact) mass is 336 g/mol. The Morgan fingerprint density at radius 1 is 0.917 bits per heavy atom. The molecule has 0 heterocycles. The van der Waals surface area contributed by atoms with E-state index < -0.39 is 0 Å². The summed E-state index contributed by atoms with van der Waals surface area (Å²) in [6, 6.07) is 0. The van der Waals surface area contributed by atoms with Crippen LogP contribution in [-0.2, 0) is 0 Å². The van der Waals surface area contributed by atoms with Crippen LogP contribution in [0.2, 0.25) is 0 Å². The van der Waals surface area contributed by atoms with E-state index in [1.807, 2.05) is 0 Å². The Morgan fingerprint density at radius 2 is 1.17 bits per heavy atom. The fraction of sp³-hybridized carbons (Fsp3) is 0.500. The van der Waals surface area contributed by atoms with Gasteiger partial charge in [-0.05, 0) is 0 Å². The highest BCUT2D eigenvalue weighted by molar-refractivity contribution is 8.16. The van der Waals surface area contributed by atoms with Crippen LogP contribution in [0.3, 0.4) is 0 Å². The molecule has 0 radical (unpaired) electrons. The number of halogens is 2. The maximum Gasteiger partial charge on any atom is 0.151 e. The Balaban J connectivity index is -0.000000405. The third kappa shape index (κ3) is 16.9.